The van der Waals surface area contributed by atoms with E-state index in [4.69, 9.17) is 0 Å². The number of hydrogen-bond acceptors (Lipinski definition) is 4. The van der Waals surface area contributed by atoms with E-state index in [-0.39, 0.29) is 0 Å². The third kappa shape index (κ3) is 2.67. The maximum absolute atomic E-state index is 4.46. The van der Waals surface area contributed by atoms with Gasteiger partial charge in [-0.05, 0) is 32.4 Å². The van der Waals surface area contributed by atoms with Gasteiger partial charge in [-0.1, -0.05) is 6.92 Å². The van der Waals surface area contributed by atoms with E-state index in [0.29, 0.717) is 0 Å². The molecule has 0 aliphatic carbocycles. The molecule has 1 N–H and O–H groups in total. The first-order chi connectivity index (χ1) is 7.81. The van der Waals surface area contributed by atoms with Crippen LogP contribution >= 0.6 is 0 Å². The summed E-state index contributed by atoms with van der Waals surface area (Å²) in [5, 5.41) is 3.50. The van der Waals surface area contributed by atoms with Crippen LogP contribution in [0.25, 0.3) is 0 Å². The SMILES string of the molecule is CCCN1CCC[C@H]1CNC1=NCCN1C. The van der Waals surface area contributed by atoms with Crippen LogP contribution in [-0.4, -0.2) is 61.6 Å². The maximum atomic E-state index is 4.46. The molecule has 92 valence electrons. The lowest BCUT2D eigenvalue weighted by molar-refractivity contribution is 0.253. The second-order valence-corrected chi connectivity index (χ2v) is 4.84. The molecule has 0 unspecified atom stereocenters. The smallest absolute Gasteiger partial charge is 0.193 e. The summed E-state index contributed by atoms with van der Waals surface area (Å²) >= 11 is 0. The summed E-state index contributed by atoms with van der Waals surface area (Å²) in [6.07, 6.45) is 3.95. The minimum atomic E-state index is 0.719. The first-order valence-electron chi connectivity index (χ1n) is 6.54. The molecule has 0 radical (unpaired) electrons. The van der Waals surface area contributed by atoms with Gasteiger partial charge in [-0.3, -0.25) is 9.89 Å². The van der Waals surface area contributed by atoms with E-state index >= 15 is 0 Å². The van der Waals surface area contributed by atoms with Gasteiger partial charge in [0.05, 0.1) is 6.54 Å². The average Bonchev–Trinajstić information content (AvgIpc) is 2.86. The Morgan fingerprint density at radius 3 is 3.00 bits per heavy atom. The highest BCUT2D eigenvalue weighted by Crippen LogP contribution is 2.16. The van der Waals surface area contributed by atoms with E-state index in [1.165, 1.54) is 32.4 Å². The fraction of sp³-hybridized carbons (Fsp3) is 0.917. The predicted octanol–water partition coefficient (Wildman–Crippen LogP) is 0.752. The summed E-state index contributed by atoms with van der Waals surface area (Å²) in [6.45, 7) is 7.85. The van der Waals surface area contributed by atoms with E-state index in [1.54, 1.807) is 0 Å². The van der Waals surface area contributed by atoms with Crippen molar-refractivity contribution >= 4 is 5.96 Å². The summed E-state index contributed by atoms with van der Waals surface area (Å²) in [4.78, 5) is 9.28. The summed E-state index contributed by atoms with van der Waals surface area (Å²) in [5.74, 6) is 1.09. The zero-order valence-corrected chi connectivity index (χ0v) is 10.6. The number of hydrogen-bond donors (Lipinski definition) is 1. The van der Waals surface area contributed by atoms with Crippen LogP contribution in [0.5, 0.6) is 0 Å². The zero-order valence-electron chi connectivity index (χ0n) is 10.6. The fourth-order valence-electron chi connectivity index (χ4n) is 2.64. The van der Waals surface area contributed by atoms with Gasteiger partial charge >= 0.3 is 0 Å². The third-order valence-electron chi connectivity index (χ3n) is 3.56. The molecule has 1 atom stereocenters. The molecule has 16 heavy (non-hydrogen) atoms. The van der Waals surface area contributed by atoms with Gasteiger partial charge in [0.1, 0.15) is 0 Å². The van der Waals surface area contributed by atoms with Crippen molar-refractivity contribution in [3.8, 4) is 0 Å². The van der Waals surface area contributed by atoms with Gasteiger partial charge in [-0.15, -0.1) is 0 Å². The van der Waals surface area contributed by atoms with Crippen molar-refractivity contribution in [1.29, 1.82) is 0 Å². The molecule has 4 nitrogen and oxygen atoms in total. The highest BCUT2D eigenvalue weighted by Gasteiger charge is 2.24. The van der Waals surface area contributed by atoms with E-state index in [0.717, 1.165) is 31.6 Å². The Hall–Kier alpha value is -0.770. The molecule has 1 fully saturated rings. The van der Waals surface area contributed by atoms with Crippen LogP contribution in [0.15, 0.2) is 4.99 Å². The lowest BCUT2D eigenvalue weighted by Gasteiger charge is -2.25. The maximum Gasteiger partial charge on any atom is 0.193 e. The standard InChI is InChI=1S/C12H24N4/c1-3-7-16-8-4-5-11(16)10-14-12-13-6-9-15(12)2/h11H,3-10H2,1-2H3,(H,13,14)/t11-/m0/s1. The van der Waals surface area contributed by atoms with Gasteiger partial charge in [0.2, 0.25) is 0 Å². The topological polar surface area (TPSA) is 30.9 Å². The second kappa shape index (κ2) is 5.53. The molecule has 0 aromatic carbocycles. The number of nitrogens with one attached hydrogen (secondary N) is 1. The quantitative estimate of drug-likeness (QED) is 0.764. The second-order valence-electron chi connectivity index (χ2n) is 4.84. The monoisotopic (exact) mass is 224 g/mol. The van der Waals surface area contributed by atoms with E-state index in [2.05, 4.69) is 34.1 Å². The highest BCUT2D eigenvalue weighted by atomic mass is 15.3. The van der Waals surface area contributed by atoms with Gasteiger partial charge in [-0.2, -0.15) is 0 Å². The molecule has 0 aromatic heterocycles. The van der Waals surface area contributed by atoms with Gasteiger partial charge < -0.3 is 10.2 Å². The summed E-state index contributed by atoms with van der Waals surface area (Å²) in [7, 11) is 2.11. The highest BCUT2D eigenvalue weighted by molar-refractivity contribution is 5.81. The third-order valence-corrected chi connectivity index (χ3v) is 3.56. The van der Waals surface area contributed by atoms with Crippen molar-refractivity contribution in [2.45, 2.75) is 32.2 Å². The molecule has 2 heterocycles. The van der Waals surface area contributed by atoms with E-state index < -0.39 is 0 Å². The number of aliphatic imine (C=N–C) groups is 1. The van der Waals surface area contributed by atoms with Crippen molar-refractivity contribution in [2.24, 2.45) is 4.99 Å². The van der Waals surface area contributed by atoms with E-state index in [9.17, 15) is 0 Å². The molecule has 0 bridgehead atoms. The molecular formula is C12H24N4. The Morgan fingerprint density at radius 1 is 1.44 bits per heavy atom. The Morgan fingerprint density at radius 2 is 2.31 bits per heavy atom. The average molecular weight is 224 g/mol. The van der Waals surface area contributed by atoms with Gasteiger partial charge in [-0.25, -0.2) is 0 Å². The summed E-state index contributed by atoms with van der Waals surface area (Å²) in [6, 6.07) is 0.719. The number of rotatable bonds is 4. The number of likely N-dealkylation sites (tertiary alicyclic amines) is 1. The molecule has 2 rings (SSSR count). The Labute approximate surface area is 98.7 Å². The minimum Gasteiger partial charge on any atom is -0.355 e. The molecule has 0 amide bonds. The lowest BCUT2D eigenvalue weighted by atomic mass is 10.2. The molecule has 0 saturated carbocycles. The zero-order chi connectivity index (χ0) is 11.4. The molecule has 0 spiro atoms. The largest absolute Gasteiger partial charge is 0.355 e. The first kappa shape index (κ1) is 11.7. The lowest BCUT2D eigenvalue weighted by Crippen LogP contribution is -2.44. The number of guanidine groups is 1. The Kier molecular flexibility index (Phi) is 4.04. The van der Waals surface area contributed by atoms with Gasteiger partial charge in [0.15, 0.2) is 5.96 Å². The van der Waals surface area contributed by atoms with Crippen molar-refractivity contribution in [3.63, 3.8) is 0 Å². The number of nitrogens with zero attached hydrogens (tertiary/aromatic N) is 3. The molecular weight excluding hydrogens is 200 g/mol. The molecule has 4 heteroatoms. The molecule has 1 saturated heterocycles. The van der Waals surface area contributed by atoms with E-state index in [1.807, 2.05) is 0 Å². The normalized spacial score (nSPS) is 26.2. The summed E-state index contributed by atoms with van der Waals surface area (Å²) in [5.41, 5.74) is 0. The van der Waals surface area contributed by atoms with Crippen LogP contribution in [0, 0.1) is 0 Å². The van der Waals surface area contributed by atoms with Gasteiger partial charge in [0.25, 0.3) is 0 Å². The first-order valence-corrected chi connectivity index (χ1v) is 6.54. The van der Waals surface area contributed by atoms with Crippen molar-refractivity contribution in [1.82, 2.24) is 15.1 Å². The van der Waals surface area contributed by atoms with Crippen molar-refractivity contribution < 1.29 is 0 Å². The van der Waals surface area contributed by atoms with Crippen LogP contribution in [0.1, 0.15) is 26.2 Å². The summed E-state index contributed by atoms with van der Waals surface area (Å²) < 4.78 is 0. The minimum absolute atomic E-state index is 0.719. The van der Waals surface area contributed by atoms with Crippen LogP contribution in [0.3, 0.4) is 0 Å². The van der Waals surface area contributed by atoms with Crippen LogP contribution < -0.4 is 5.32 Å². The van der Waals surface area contributed by atoms with Crippen LogP contribution in [0.4, 0.5) is 0 Å². The fourth-order valence-corrected chi connectivity index (χ4v) is 2.64. The van der Waals surface area contributed by atoms with Crippen LogP contribution in [-0.2, 0) is 0 Å². The predicted molar refractivity (Wildman–Crippen MR) is 67.8 cm³/mol. The molecule has 0 aromatic rings. The van der Waals surface area contributed by atoms with Crippen molar-refractivity contribution in [2.75, 3.05) is 39.8 Å². The van der Waals surface area contributed by atoms with Crippen LogP contribution in [0.2, 0.25) is 0 Å². The molecule has 2 aliphatic heterocycles. The number of likely N-dealkylation sites (N-methyl/N-ethyl adjacent to an activating group) is 1. The Balaban J connectivity index is 1.76. The molecule has 2 aliphatic rings. The Bertz CT molecular complexity index is 251. The van der Waals surface area contributed by atoms with Gasteiger partial charge in [0, 0.05) is 26.2 Å². The van der Waals surface area contributed by atoms with Crippen molar-refractivity contribution in [3.05, 3.63) is 0 Å².